The summed E-state index contributed by atoms with van der Waals surface area (Å²) < 4.78 is 16.0. The van der Waals surface area contributed by atoms with Gasteiger partial charge in [-0.2, -0.15) is 0 Å². The lowest BCUT2D eigenvalue weighted by atomic mass is 10.2. The van der Waals surface area contributed by atoms with Gasteiger partial charge in [-0.15, -0.1) is 0 Å². The highest BCUT2D eigenvalue weighted by Crippen LogP contribution is 2.30. The summed E-state index contributed by atoms with van der Waals surface area (Å²) in [6, 6.07) is 5.37. The van der Waals surface area contributed by atoms with Crippen LogP contribution in [0.5, 0.6) is 11.5 Å². The minimum Gasteiger partial charge on any atom is -0.497 e. The quantitative estimate of drug-likeness (QED) is 0.783. The molecule has 1 aliphatic heterocycles. The average molecular weight is 358 g/mol. The molecule has 26 heavy (non-hydrogen) atoms. The van der Waals surface area contributed by atoms with E-state index in [1.54, 1.807) is 32.4 Å². The van der Waals surface area contributed by atoms with Gasteiger partial charge >= 0.3 is 0 Å². The Morgan fingerprint density at radius 2 is 2.08 bits per heavy atom. The number of hydrogen-bond donors (Lipinski definition) is 2. The number of benzene rings is 1. The van der Waals surface area contributed by atoms with E-state index in [1.807, 2.05) is 0 Å². The predicted molar refractivity (Wildman–Crippen MR) is 96.2 cm³/mol. The summed E-state index contributed by atoms with van der Waals surface area (Å²) in [5.41, 5.74) is 1.06. The summed E-state index contributed by atoms with van der Waals surface area (Å²) in [6.07, 6.45) is 5.07. The number of nitrogens with one attached hydrogen (secondary N) is 2. The molecule has 0 bridgehead atoms. The van der Waals surface area contributed by atoms with Crippen molar-refractivity contribution in [3.63, 3.8) is 0 Å². The number of rotatable bonds is 7. The van der Waals surface area contributed by atoms with Crippen molar-refractivity contribution in [3.05, 3.63) is 36.2 Å². The SMILES string of the molecule is COc1ccc(OC)c(Nc2ncc(C(=O)NCC3CCCO3)cn2)c1. The lowest BCUT2D eigenvalue weighted by Crippen LogP contribution is -2.31. The first kappa shape index (κ1) is 17.9. The number of anilines is 2. The second-order valence-corrected chi connectivity index (χ2v) is 5.83. The van der Waals surface area contributed by atoms with Crippen LogP contribution in [0.25, 0.3) is 0 Å². The molecule has 2 N–H and O–H groups in total. The zero-order chi connectivity index (χ0) is 18.4. The molecule has 1 aliphatic rings. The second kappa shape index (κ2) is 8.48. The highest BCUT2D eigenvalue weighted by molar-refractivity contribution is 5.93. The molecule has 3 rings (SSSR count). The van der Waals surface area contributed by atoms with Crippen LogP contribution in [0.3, 0.4) is 0 Å². The van der Waals surface area contributed by atoms with Crippen LogP contribution < -0.4 is 20.1 Å². The van der Waals surface area contributed by atoms with Gasteiger partial charge in [0.1, 0.15) is 11.5 Å². The fraction of sp³-hybridized carbons (Fsp3) is 0.389. The molecule has 1 aromatic heterocycles. The highest BCUT2D eigenvalue weighted by Gasteiger charge is 2.17. The minimum absolute atomic E-state index is 0.0985. The average Bonchev–Trinajstić information content (AvgIpc) is 3.20. The number of carbonyl (C=O) groups excluding carboxylic acids is 1. The number of nitrogens with zero attached hydrogens (tertiary/aromatic N) is 2. The minimum atomic E-state index is -0.217. The molecule has 1 fully saturated rings. The third-order valence-corrected chi connectivity index (χ3v) is 4.08. The van der Waals surface area contributed by atoms with Gasteiger partial charge in [-0.3, -0.25) is 4.79 Å². The van der Waals surface area contributed by atoms with E-state index in [4.69, 9.17) is 14.2 Å². The molecule has 0 aliphatic carbocycles. The van der Waals surface area contributed by atoms with Gasteiger partial charge in [-0.05, 0) is 25.0 Å². The highest BCUT2D eigenvalue weighted by atomic mass is 16.5. The van der Waals surface area contributed by atoms with Crippen LogP contribution in [0.4, 0.5) is 11.6 Å². The Balaban J connectivity index is 1.63. The Bertz CT molecular complexity index is 745. The number of amides is 1. The van der Waals surface area contributed by atoms with Crippen LogP contribution >= 0.6 is 0 Å². The molecule has 8 nitrogen and oxygen atoms in total. The van der Waals surface area contributed by atoms with Gasteiger partial charge in [-0.1, -0.05) is 0 Å². The Morgan fingerprint density at radius 3 is 2.73 bits per heavy atom. The zero-order valence-corrected chi connectivity index (χ0v) is 14.8. The first-order valence-electron chi connectivity index (χ1n) is 8.40. The lowest BCUT2D eigenvalue weighted by Gasteiger charge is -2.12. The van der Waals surface area contributed by atoms with Gasteiger partial charge < -0.3 is 24.8 Å². The van der Waals surface area contributed by atoms with Crippen LogP contribution in [-0.4, -0.2) is 49.4 Å². The molecule has 0 spiro atoms. The normalized spacial score (nSPS) is 16.2. The van der Waals surface area contributed by atoms with Crippen LogP contribution in [-0.2, 0) is 4.74 Å². The van der Waals surface area contributed by atoms with Crippen molar-refractivity contribution in [1.29, 1.82) is 0 Å². The van der Waals surface area contributed by atoms with E-state index >= 15 is 0 Å². The largest absolute Gasteiger partial charge is 0.497 e. The van der Waals surface area contributed by atoms with E-state index in [2.05, 4.69) is 20.6 Å². The maximum atomic E-state index is 12.2. The first-order valence-corrected chi connectivity index (χ1v) is 8.40. The summed E-state index contributed by atoms with van der Waals surface area (Å²) in [4.78, 5) is 20.5. The number of hydrogen-bond acceptors (Lipinski definition) is 7. The molecule has 138 valence electrons. The molecule has 1 atom stereocenters. The molecule has 0 saturated carbocycles. The van der Waals surface area contributed by atoms with E-state index in [9.17, 15) is 4.79 Å². The Morgan fingerprint density at radius 1 is 1.27 bits per heavy atom. The third kappa shape index (κ3) is 4.40. The van der Waals surface area contributed by atoms with Crippen molar-refractivity contribution < 1.29 is 19.0 Å². The van der Waals surface area contributed by atoms with Crippen LogP contribution in [0.1, 0.15) is 23.2 Å². The Hall–Kier alpha value is -2.87. The van der Waals surface area contributed by atoms with Crippen LogP contribution in [0.2, 0.25) is 0 Å². The smallest absolute Gasteiger partial charge is 0.254 e. The van der Waals surface area contributed by atoms with E-state index in [1.165, 1.54) is 12.4 Å². The van der Waals surface area contributed by atoms with Crippen molar-refractivity contribution in [2.45, 2.75) is 18.9 Å². The molecular formula is C18H22N4O4. The maximum Gasteiger partial charge on any atom is 0.254 e. The third-order valence-electron chi connectivity index (χ3n) is 4.08. The maximum absolute atomic E-state index is 12.2. The summed E-state index contributed by atoms with van der Waals surface area (Å²) in [7, 11) is 3.17. The van der Waals surface area contributed by atoms with Crippen LogP contribution in [0.15, 0.2) is 30.6 Å². The summed E-state index contributed by atoms with van der Waals surface area (Å²) in [6.45, 7) is 1.26. The Kier molecular flexibility index (Phi) is 5.85. The van der Waals surface area contributed by atoms with Gasteiger partial charge in [0, 0.05) is 31.6 Å². The van der Waals surface area contributed by atoms with Crippen LogP contribution in [0, 0.1) is 0 Å². The van der Waals surface area contributed by atoms with Crippen molar-refractivity contribution >= 4 is 17.5 Å². The summed E-state index contributed by atoms with van der Waals surface area (Å²) in [5, 5.41) is 5.90. The lowest BCUT2D eigenvalue weighted by molar-refractivity contribution is 0.0857. The van der Waals surface area contributed by atoms with Gasteiger partial charge in [-0.25, -0.2) is 9.97 Å². The number of aromatic nitrogens is 2. The molecule has 2 aromatic rings. The van der Waals surface area contributed by atoms with E-state index in [0.717, 1.165) is 19.4 Å². The van der Waals surface area contributed by atoms with E-state index in [-0.39, 0.29) is 12.0 Å². The standard InChI is InChI=1S/C18H22N4O4/c1-24-13-5-6-16(25-2)15(8-13)22-18-20-9-12(10-21-18)17(23)19-11-14-4-3-7-26-14/h5-6,8-10,14H,3-4,7,11H2,1-2H3,(H,19,23)(H,20,21,22). The first-order chi connectivity index (χ1) is 12.7. The molecular weight excluding hydrogens is 336 g/mol. The number of ether oxygens (including phenoxy) is 3. The monoisotopic (exact) mass is 358 g/mol. The van der Waals surface area contributed by atoms with Crippen molar-refractivity contribution in [2.75, 3.05) is 32.7 Å². The Labute approximate surface area is 151 Å². The van der Waals surface area contributed by atoms with Gasteiger partial charge in [0.25, 0.3) is 5.91 Å². The fourth-order valence-corrected chi connectivity index (χ4v) is 2.66. The van der Waals surface area contributed by atoms with Crippen molar-refractivity contribution in [3.8, 4) is 11.5 Å². The second-order valence-electron chi connectivity index (χ2n) is 5.83. The van der Waals surface area contributed by atoms with Gasteiger partial charge in [0.05, 0.1) is 31.6 Å². The van der Waals surface area contributed by atoms with Crippen molar-refractivity contribution in [1.82, 2.24) is 15.3 Å². The summed E-state index contributed by atoms with van der Waals surface area (Å²) >= 11 is 0. The predicted octanol–water partition coefficient (Wildman–Crippen LogP) is 2.15. The molecule has 0 radical (unpaired) electrons. The molecule has 1 aromatic carbocycles. The van der Waals surface area contributed by atoms with E-state index in [0.29, 0.717) is 35.2 Å². The summed E-state index contributed by atoms with van der Waals surface area (Å²) in [5.74, 6) is 1.45. The zero-order valence-electron chi connectivity index (χ0n) is 14.8. The molecule has 8 heteroatoms. The topological polar surface area (TPSA) is 94.6 Å². The molecule has 2 heterocycles. The molecule has 1 unspecified atom stereocenters. The number of carbonyl (C=O) groups is 1. The van der Waals surface area contributed by atoms with Crippen molar-refractivity contribution in [2.24, 2.45) is 0 Å². The van der Waals surface area contributed by atoms with Gasteiger partial charge in [0.2, 0.25) is 5.95 Å². The molecule has 1 amide bonds. The fourth-order valence-electron chi connectivity index (χ4n) is 2.66. The number of methoxy groups -OCH3 is 2. The van der Waals surface area contributed by atoms with E-state index < -0.39 is 0 Å². The van der Waals surface area contributed by atoms with Gasteiger partial charge in [0.15, 0.2) is 0 Å². The molecule has 1 saturated heterocycles.